The van der Waals surface area contributed by atoms with Gasteiger partial charge >= 0.3 is 6.09 Å². The smallest absolute Gasteiger partial charge is 0.409 e. The Morgan fingerprint density at radius 1 is 1.42 bits per heavy atom. The molecule has 0 aliphatic carbocycles. The van der Waals surface area contributed by atoms with Crippen LogP contribution in [-0.2, 0) is 9.47 Å². The van der Waals surface area contributed by atoms with Crippen molar-refractivity contribution in [3.8, 4) is 0 Å². The van der Waals surface area contributed by atoms with E-state index in [0.29, 0.717) is 19.7 Å². The van der Waals surface area contributed by atoms with Crippen LogP contribution in [0.1, 0.15) is 25.5 Å². The van der Waals surface area contributed by atoms with Crippen molar-refractivity contribution >= 4 is 6.09 Å². The van der Waals surface area contributed by atoms with Crippen LogP contribution >= 0.6 is 0 Å². The van der Waals surface area contributed by atoms with Crippen molar-refractivity contribution in [1.29, 1.82) is 0 Å². The highest BCUT2D eigenvalue weighted by atomic mass is 19.1. The van der Waals surface area contributed by atoms with E-state index in [1.165, 1.54) is 12.1 Å². The fourth-order valence-electron chi connectivity index (χ4n) is 2.18. The SMILES string of the molecule is CCOC(=O)N1CC(C)OC(c2ccc(F)cc2)C1. The van der Waals surface area contributed by atoms with Gasteiger partial charge in [-0.15, -0.1) is 0 Å². The number of carbonyl (C=O) groups is 1. The summed E-state index contributed by atoms with van der Waals surface area (Å²) in [5, 5.41) is 0. The maximum Gasteiger partial charge on any atom is 0.409 e. The second-order valence-corrected chi connectivity index (χ2v) is 4.59. The normalized spacial score (nSPS) is 23.2. The lowest BCUT2D eigenvalue weighted by Crippen LogP contribution is -2.46. The summed E-state index contributed by atoms with van der Waals surface area (Å²) < 4.78 is 23.7. The van der Waals surface area contributed by atoms with Crippen LogP contribution in [0.2, 0.25) is 0 Å². The van der Waals surface area contributed by atoms with Crippen molar-refractivity contribution in [2.45, 2.75) is 26.1 Å². The Hall–Kier alpha value is -1.62. The van der Waals surface area contributed by atoms with Gasteiger partial charge in [0.15, 0.2) is 0 Å². The molecule has 104 valence electrons. The van der Waals surface area contributed by atoms with Crippen molar-refractivity contribution in [2.75, 3.05) is 19.7 Å². The quantitative estimate of drug-likeness (QED) is 0.827. The summed E-state index contributed by atoms with van der Waals surface area (Å²) in [7, 11) is 0. The van der Waals surface area contributed by atoms with Gasteiger partial charge in [0.05, 0.1) is 25.8 Å². The number of nitrogens with zero attached hydrogens (tertiary/aromatic N) is 1. The molecule has 0 radical (unpaired) electrons. The van der Waals surface area contributed by atoms with Crippen LogP contribution in [0.15, 0.2) is 24.3 Å². The zero-order valence-electron chi connectivity index (χ0n) is 11.1. The summed E-state index contributed by atoms with van der Waals surface area (Å²) in [6.45, 7) is 4.97. The van der Waals surface area contributed by atoms with Crippen LogP contribution in [0.25, 0.3) is 0 Å². The van der Waals surface area contributed by atoms with E-state index in [0.717, 1.165) is 5.56 Å². The molecule has 2 unspecified atom stereocenters. The first-order valence-electron chi connectivity index (χ1n) is 6.42. The molecule has 1 aromatic carbocycles. The van der Waals surface area contributed by atoms with Crippen LogP contribution in [0.3, 0.4) is 0 Å². The maximum atomic E-state index is 12.9. The minimum absolute atomic E-state index is 0.0757. The van der Waals surface area contributed by atoms with Gasteiger partial charge in [-0.2, -0.15) is 0 Å². The number of morpholine rings is 1. The molecular formula is C14H18FNO3. The molecule has 1 aliphatic rings. The Labute approximate surface area is 112 Å². The predicted molar refractivity (Wildman–Crippen MR) is 68.3 cm³/mol. The third-order valence-corrected chi connectivity index (χ3v) is 3.03. The molecule has 2 rings (SSSR count). The number of rotatable bonds is 2. The number of ether oxygens (including phenoxy) is 2. The number of amides is 1. The van der Waals surface area contributed by atoms with Crippen LogP contribution in [-0.4, -0.2) is 36.8 Å². The average molecular weight is 267 g/mol. The van der Waals surface area contributed by atoms with Crippen LogP contribution in [0.5, 0.6) is 0 Å². The van der Waals surface area contributed by atoms with Crippen molar-refractivity contribution in [3.05, 3.63) is 35.6 Å². The molecule has 1 saturated heterocycles. The lowest BCUT2D eigenvalue weighted by atomic mass is 10.1. The summed E-state index contributed by atoms with van der Waals surface area (Å²) >= 11 is 0. The van der Waals surface area contributed by atoms with E-state index in [2.05, 4.69) is 0 Å². The Morgan fingerprint density at radius 3 is 2.74 bits per heavy atom. The second-order valence-electron chi connectivity index (χ2n) is 4.59. The van der Waals surface area contributed by atoms with Gasteiger partial charge in [-0.3, -0.25) is 0 Å². The molecule has 19 heavy (non-hydrogen) atoms. The summed E-state index contributed by atoms with van der Waals surface area (Å²) in [5.74, 6) is -0.283. The maximum absolute atomic E-state index is 12.9. The van der Waals surface area contributed by atoms with E-state index < -0.39 is 0 Å². The van der Waals surface area contributed by atoms with Gasteiger partial charge in [0, 0.05) is 0 Å². The molecule has 1 amide bonds. The fourth-order valence-corrected chi connectivity index (χ4v) is 2.18. The molecule has 0 saturated carbocycles. The lowest BCUT2D eigenvalue weighted by Gasteiger charge is -2.36. The molecule has 0 spiro atoms. The highest BCUT2D eigenvalue weighted by Crippen LogP contribution is 2.25. The summed E-state index contributed by atoms with van der Waals surface area (Å²) in [6, 6.07) is 6.15. The molecule has 0 aromatic heterocycles. The molecule has 1 aliphatic heterocycles. The van der Waals surface area contributed by atoms with Gasteiger partial charge in [0.2, 0.25) is 0 Å². The first-order valence-corrected chi connectivity index (χ1v) is 6.42. The van der Waals surface area contributed by atoms with E-state index >= 15 is 0 Å². The third kappa shape index (κ3) is 3.44. The number of benzene rings is 1. The standard InChI is InChI=1S/C14H18FNO3/c1-3-18-14(17)16-8-10(2)19-13(9-16)11-4-6-12(15)7-5-11/h4-7,10,13H,3,8-9H2,1-2H3. The van der Waals surface area contributed by atoms with Crippen molar-refractivity contribution in [3.63, 3.8) is 0 Å². The molecule has 0 bridgehead atoms. The Kier molecular flexibility index (Phi) is 4.37. The fraction of sp³-hybridized carbons (Fsp3) is 0.500. The molecule has 4 nitrogen and oxygen atoms in total. The van der Waals surface area contributed by atoms with E-state index in [9.17, 15) is 9.18 Å². The molecule has 5 heteroatoms. The van der Waals surface area contributed by atoms with Gasteiger partial charge in [-0.05, 0) is 31.5 Å². The minimum Gasteiger partial charge on any atom is -0.450 e. The molecule has 2 atom stereocenters. The van der Waals surface area contributed by atoms with Gasteiger partial charge in [-0.1, -0.05) is 12.1 Å². The summed E-state index contributed by atoms with van der Waals surface area (Å²) in [4.78, 5) is 13.4. The van der Waals surface area contributed by atoms with Gasteiger partial charge in [0.1, 0.15) is 11.9 Å². The highest BCUT2D eigenvalue weighted by Gasteiger charge is 2.30. The zero-order chi connectivity index (χ0) is 13.8. The van der Waals surface area contributed by atoms with E-state index in [-0.39, 0.29) is 24.1 Å². The summed E-state index contributed by atoms with van der Waals surface area (Å²) in [6.07, 6.45) is -0.647. The van der Waals surface area contributed by atoms with Gasteiger partial charge in [0.25, 0.3) is 0 Å². The number of hydrogen-bond acceptors (Lipinski definition) is 3. The van der Waals surface area contributed by atoms with Crippen LogP contribution in [0.4, 0.5) is 9.18 Å². The Balaban J connectivity index is 2.09. The Morgan fingerprint density at radius 2 is 2.11 bits per heavy atom. The molecule has 1 fully saturated rings. The lowest BCUT2D eigenvalue weighted by molar-refractivity contribution is -0.0738. The minimum atomic E-state index is -0.329. The average Bonchev–Trinajstić information content (AvgIpc) is 2.39. The Bertz CT molecular complexity index is 435. The first kappa shape index (κ1) is 13.8. The van der Waals surface area contributed by atoms with Gasteiger partial charge in [-0.25, -0.2) is 9.18 Å². The van der Waals surface area contributed by atoms with Crippen LogP contribution < -0.4 is 0 Å². The topological polar surface area (TPSA) is 38.8 Å². The largest absolute Gasteiger partial charge is 0.450 e. The molecular weight excluding hydrogens is 249 g/mol. The number of hydrogen-bond donors (Lipinski definition) is 0. The highest BCUT2D eigenvalue weighted by molar-refractivity contribution is 5.67. The predicted octanol–water partition coefficient (Wildman–Crippen LogP) is 2.74. The number of carbonyl (C=O) groups excluding carboxylic acids is 1. The van der Waals surface area contributed by atoms with E-state index in [1.807, 2.05) is 6.92 Å². The van der Waals surface area contributed by atoms with Crippen molar-refractivity contribution in [2.24, 2.45) is 0 Å². The molecule has 1 aromatic rings. The monoisotopic (exact) mass is 267 g/mol. The molecule has 0 N–H and O–H groups in total. The number of halogens is 1. The molecule has 1 heterocycles. The summed E-state index contributed by atoms with van der Waals surface area (Å²) in [5.41, 5.74) is 0.863. The van der Waals surface area contributed by atoms with E-state index in [1.54, 1.807) is 24.0 Å². The zero-order valence-corrected chi connectivity index (χ0v) is 11.1. The second kappa shape index (κ2) is 6.02. The van der Waals surface area contributed by atoms with Crippen molar-refractivity contribution < 1.29 is 18.7 Å². The van der Waals surface area contributed by atoms with E-state index in [4.69, 9.17) is 9.47 Å². The first-order chi connectivity index (χ1) is 9.10. The van der Waals surface area contributed by atoms with Crippen LogP contribution in [0, 0.1) is 5.82 Å². The van der Waals surface area contributed by atoms with Gasteiger partial charge < -0.3 is 14.4 Å². The third-order valence-electron chi connectivity index (χ3n) is 3.03. The van der Waals surface area contributed by atoms with Crippen molar-refractivity contribution in [1.82, 2.24) is 4.90 Å².